The molecule has 0 atom stereocenters. The van der Waals surface area contributed by atoms with Crippen LogP contribution in [0.1, 0.15) is 11.1 Å². The summed E-state index contributed by atoms with van der Waals surface area (Å²) in [6.07, 6.45) is 0. The maximum atomic E-state index is 4.09. The van der Waals surface area contributed by atoms with Crippen LogP contribution < -0.4 is 5.32 Å². The summed E-state index contributed by atoms with van der Waals surface area (Å²) in [6.45, 7) is 2.10. The highest BCUT2D eigenvalue weighted by Gasteiger charge is 2.03. The van der Waals surface area contributed by atoms with Gasteiger partial charge in [0.2, 0.25) is 5.13 Å². The van der Waals surface area contributed by atoms with E-state index in [0.717, 1.165) is 15.2 Å². The third kappa shape index (κ3) is 2.96. The Bertz CT molecular complexity index is 451. The van der Waals surface area contributed by atoms with Crippen LogP contribution in [-0.4, -0.2) is 17.2 Å². The second-order valence-corrected chi connectivity index (χ2v) is 5.60. The Morgan fingerprint density at radius 3 is 2.62 bits per heavy atom. The molecule has 2 aromatic rings. The molecule has 0 spiro atoms. The summed E-state index contributed by atoms with van der Waals surface area (Å²) in [6, 6.07) is 8.58. The van der Waals surface area contributed by atoms with E-state index < -0.39 is 0 Å². The van der Waals surface area contributed by atoms with Crippen LogP contribution in [0.5, 0.6) is 0 Å². The molecule has 0 bridgehead atoms. The first kappa shape index (κ1) is 11.4. The van der Waals surface area contributed by atoms with Gasteiger partial charge < -0.3 is 5.32 Å². The molecule has 0 aliphatic rings. The summed E-state index contributed by atoms with van der Waals surface area (Å²) in [7, 11) is 1.86. The van der Waals surface area contributed by atoms with E-state index in [1.165, 1.54) is 11.1 Å². The van der Waals surface area contributed by atoms with Crippen LogP contribution in [0.4, 0.5) is 5.13 Å². The van der Waals surface area contributed by atoms with Gasteiger partial charge in [-0.25, -0.2) is 0 Å². The number of hydrogen-bond donors (Lipinski definition) is 1. The van der Waals surface area contributed by atoms with Gasteiger partial charge in [0, 0.05) is 12.8 Å². The number of anilines is 1. The Hall–Kier alpha value is -1.07. The van der Waals surface area contributed by atoms with E-state index in [-0.39, 0.29) is 0 Å². The summed E-state index contributed by atoms with van der Waals surface area (Å²) >= 11 is 3.31. The molecule has 1 aromatic carbocycles. The van der Waals surface area contributed by atoms with Gasteiger partial charge in [-0.2, -0.15) is 0 Å². The molecule has 3 nitrogen and oxygen atoms in total. The van der Waals surface area contributed by atoms with Gasteiger partial charge >= 0.3 is 0 Å². The second kappa shape index (κ2) is 5.32. The number of rotatable bonds is 4. The van der Waals surface area contributed by atoms with Gasteiger partial charge in [0.05, 0.1) is 0 Å². The lowest BCUT2D eigenvalue weighted by Crippen LogP contribution is -1.84. The molecular formula is C11H13N3S2. The molecule has 2 rings (SSSR count). The zero-order chi connectivity index (χ0) is 11.4. The average Bonchev–Trinajstić information content (AvgIpc) is 2.76. The van der Waals surface area contributed by atoms with Crippen molar-refractivity contribution in [3.63, 3.8) is 0 Å². The highest BCUT2D eigenvalue weighted by atomic mass is 32.2. The topological polar surface area (TPSA) is 37.8 Å². The molecule has 84 valence electrons. The monoisotopic (exact) mass is 251 g/mol. The molecule has 0 aliphatic carbocycles. The first-order chi connectivity index (χ1) is 7.78. The first-order valence-corrected chi connectivity index (χ1v) is 6.78. The van der Waals surface area contributed by atoms with E-state index in [1.807, 2.05) is 7.05 Å². The normalized spacial score (nSPS) is 10.4. The van der Waals surface area contributed by atoms with Gasteiger partial charge in [0.1, 0.15) is 0 Å². The lowest BCUT2D eigenvalue weighted by molar-refractivity contribution is 1.01. The summed E-state index contributed by atoms with van der Waals surface area (Å²) in [5.41, 5.74) is 2.61. The lowest BCUT2D eigenvalue weighted by atomic mass is 10.2. The number of aryl methyl sites for hydroxylation is 1. The summed E-state index contributed by atoms with van der Waals surface area (Å²) in [5, 5.41) is 11.9. The van der Waals surface area contributed by atoms with Crippen LogP contribution in [0.15, 0.2) is 28.6 Å². The van der Waals surface area contributed by atoms with E-state index in [1.54, 1.807) is 23.1 Å². The number of nitrogens with one attached hydrogen (secondary N) is 1. The Morgan fingerprint density at radius 1 is 1.25 bits per heavy atom. The van der Waals surface area contributed by atoms with Crippen molar-refractivity contribution in [3.05, 3.63) is 35.4 Å². The van der Waals surface area contributed by atoms with Gasteiger partial charge in [0.15, 0.2) is 4.34 Å². The minimum absolute atomic E-state index is 0.867. The largest absolute Gasteiger partial charge is 0.363 e. The third-order valence-corrected chi connectivity index (χ3v) is 4.25. The molecule has 0 fully saturated rings. The summed E-state index contributed by atoms with van der Waals surface area (Å²) in [5.74, 6) is 0.943. The predicted molar refractivity (Wildman–Crippen MR) is 70.2 cm³/mol. The van der Waals surface area contributed by atoms with Crippen LogP contribution in [0.3, 0.4) is 0 Å². The molecule has 0 unspecified atom stereocenters. The van der Waals surface area contributed by atoms with Crippen LogP contribution in [0, 0.1) is 6.92 Å². The molecule has 0 amide bonds. The standard InChI is InChI=1S/C11H13N3S2/c1-8-3-5-9(6-4-8)7-15-11-14-13-10(12-2)16-11/h3-6H,7H2,1-2H3,(H,12,13). The smallest absolute Gasteiger partial charge is 0.206 e. The fourth-order valence-electron chi connectivity index (χ4n) is 1.20. The minimum Gasteiger partial charge on any atom is -0.363 e. The van der Waals surface area contributed by atoms with Crippen molar-refractivity contribution in [2.75, 3.05) is 12.4 Å². The maximum absolute atomic E-state index is 4.09. The Kier molecular flexibility index (Phi) is 3.79. The molecule has 1 aromatic heterocycles. The Balaban J connectivity index is 1.94. The van der Waals surface area contributed by atoms with E-state index in [2.05, 4.69) is 46.7 Å². The SMILES string of the molecule is CNc1nnc(SCc2ccc(C)cc2)s1. The van der Waals surface area contributed by atoms with Crippen LogP contribution in [-0.2, 0) is 5.75 Å². The van der Waals surface area contributed by atoms with Crippen molar-refractivity contribution in [1.82, 2.24) is 10.2 Å². The average molecular weight is 251 g/mol. The molecular weight excluding hydrogens is 238 g/mol. The van der Waals surface area contributed by atoms with Gasteiger partial charge in [-0.05, 0) is 12.5 Å². The van der Waals surface area contributed by atoms with Crippen LogP contribution >= 0.6 is 23.1 Å². The van der Waals surface area contributed by atoms with Crippen molar-refractivity contribution in [3.8, 4) is 0 Å². The summed E-state index contributed by atoms with van der Waals surface area (Å²) in [4.78, 5) is 0. The van der Waals surface area contributed by atoms with Crippen molar-refractivity contribution in [2.24, 2.45) is 0 Å². The van der Waals surface area contributed by atoms with Crippen molar-refractivity contribution in [1.29, 1.82) is 0 Å². The molecule has 16 heavy (non-hydrogen) atoms. The quantitative estimate of drug-likeness (QED) is 0.847. The number of thioether (sulfide) groups is 1. The van der Waals surface area contributed by atoms with E-state index in [4.69, 9.17) is 0 Å². The number of nitrogens with zero attached hydrogens (tertiary/aromatic N) is 2. The van der Waals surface area contributed by atoms with E-state index in [0.29, 0.717) is 0 Å². The van der Waals surface area contributed by atoms with Crippen molar-refractivity contribution >= 4 is 28.2 Å². The highest BCUT2D eigenvalue weighted by Crippen LogP contribution is 2.27. The van der Waals surface area contributed by atoms with E-state index >= 15 is 0 Å². The Labute approximate surface area is 103 Å². The van der Waals surface area contributed by atoms with E-state index in [9.17, 15) is 0 Å². The third-order valence-electron chi connectivity index (χ3n) is 2.10. The Morgan fingerprint density at radius 2 is 2.00 bits per heavy atom. The zero-order valence-corrected chi connectivity index (χ0v) is 10.9. The summed E-state index contributed by atoms with van der Waals surface area (Å²) < 4.78 is 1.00. The van der Waals surface area contributed by atoms with Crippen LogP contribution in [0.2, 0.25) is 0 Å². The molecule has 1 heterocycles. The van der Waals surface area contributed by atoms with Gasteiger partial charge in [-0.1, -0.05) is 52.9 Å². The van der Waals surface area contributed by atoms with Gasteiger partial charge in [-0.15, -0.1) is 10.2 Å². The zero-order valence-electron chi connectivity index (χ0n) is 9.23. The molecule has 0 saturated heterocycles. The molecule has 0 saturated carbocycles. The minimum atomic E-state index is 0.867. The fraction of sp³-hybridized carbons (Fsp3) is 0.273. The predicted octanol–water partition coefficient (Wildman–Crippen LogP) is 3.18. The van der Waals surface area contributed by atoms with Crippen molar-refractivity contribution < 1.29 is 0 Å². The number of benzene rings is 1. The number of hydrogen-bond acceptors (Lipinski definition) is 5. The van der Waals surface area contributed by atoms with Crippen molar-refractivity contribution in [2.45, 2.75) is 17.0 Å². The maximum Gasteiger partial charge on any atom is 0.206 e. The molecule has 0 aliphatic heterocycles. The molecule has 5 heteroatoms. The van der Waals surface area contributed by atoms with Gasteiger partial charge in [-0.3, -0.25) is 0 Å². The highest BCUT2D eigenvalue weighted by molar-refractivity contribution is 8.00. The number of aromatic nitrogens is 2. The first-order valence-electron chi connectivity index (χ1n) is 4.97. The van der Waals surface area contributed by atoms with Crippen LogP contribution in [0.25, 0.3) is 0 Å². The fourth-order valence-corrected chi connectivity index (χ4v) is 2.86. The van der Waals surface area contributed by atoms with Gasteiger partial charge in [0.25, 0.3) is 0 Å². The molecule has 0 radical (unpaired) electrons. The second-order valence-electron chi connectivity index (χ2n) is 3.40. The molecule has 1 N–H and O–H groups in total. The lowest BCUT2D eigenvalue weighted by Gasteiger charge is -1.98.